The number of fused-ring (bicyclic) bond motifs is 5. The topological polar surface area (TPSA) is 94.8 Å². The van der Waals surface area contributed by atoms with Crippen LogP contribution in [0.5, 0.6) is 0 Å². The monoisotopic (exact) mass is 388 g/mol. The molecule has 0 spiro atoms. The molecule has 154 valence electrons. The predicted octanol–water partition coefficient (Wildman–Crippen LogP) is 2.34. The van der Waals surface area contributed by atoms with E-state index in [1.807, 2.05) is 20.8 Å². The fourth-order valence-electron chi connectivity index (χ4n) is 7.51. The fourth-order valence-corrected chi connectivity index (χ4v) is 7.51. The molecule has 4 rings (SSSR count). The van der Waals surface area contributed by atoms with Gasteiger partial charge in [0.15, 0.2) is 11.6 Å². The van der Waals surface area contributed by atoms with Crippen LogP contribution in [0.3, 0.4) is 0 Å². The lowest BCUT2D eigenvalue weighted by Gasteiger charge is -2.60. The van der Waals surface area contributed by atoms with Crippen molar-refractivity contribution in [3.05, 3.63) is 22.8 Å². The number of aliphatic hydroxyl groups excluding tert-OH is 2. The molecular weight excluding hydrogens is 356 g/mol. The van der Waals surface area contributed by atoms with Crippen molar-refractivity contribution >= 4 is 11.6 Å². The van der Waals surface area contributed by atoms with Gasteiger partial charge in [-0.05, 0) is 69.4 Å². The molecule has 0 bridgehead atoms. The first-order chi connectivity index (χ1) is 13.0. The number of allylic oxidation sites excluding steroid dienone is 4. The van der Waals surface area contributed by atoms with Gasteiger partial charge in [0.25, 0.3) is 0 Å². The summed E-state index contributed by atoms with van der Waals surface area (Å²) in [4.78, 5) is 24.8. The van der Waals surface area contributed by atoms with Crippen molar-refractivity contribution in [3.8, 4) is 0 Å². The zero-order valence-corrected chi connectivity index (χ0v) is 17.3. The van der Waals surface area contributed by atoms with Crippen LogP contribution in [0.4, 0.5) is 0 Å². The van der Waals surface area contributed by atoms with Crippen LogP contribution in [0, 0.1) is 28.6 Å². The van der Waals surface area contributed by atoms with Crippen molar-refractivity contribution in [2.75, 3.05) is 6.61 Å². The summed E-state index contributed by atoms with van der Waals surface area (Å²) in [5.74, 6) is -0.193. The first kappa shape index (κ1) is 20.0. The molecule has 7 atom stereocenters. The molecule has 5 nitrogen and oxygen atoms in total. The van der Waals surface area contributed by atoms with E-state index in [4.69, 9.17) is 0 Å². The summed E-state index contributed by atoms with van der Waals surface area (Å²) in [6, 6.07) is 0. The second-order valence-electron chi connectivity index (χ2n) is 9.99. The molecule has 5 heteroatoms. The normalized spacial score (nSPS) is 48.0. The fraction of sp³-hybridized carbons (Fsp3) is 0.739. The zero-order valence-electron chi connectivity index (χ0n) is 17.3. The summed E-state index contributed by atoms with van der Waals surface area (Å²) < 4.78 is 0. The average Bonchev–Trinajstić information content (AvgIpc) is 2.92. The number of carbonyl (C=O) groups is 2. The van der Waals surface area contributed by atoms with Crippen molar-refractivity contribution in [2.45, 2.75) is 71.5 Å². The lowest BCUT2D eigenvalue weighted by atomic mass is 9.44. The van der Waals surface area contributed by atoms with E-state index in [2.05, 4.69) is 6.92 Å². The molecule has 1 unspecified atom stereocenters. The second-order valence-corrected chi connectivity index (χ2v) is 9.99. The molecule has 28 heavy (non-hydrogen) atoms. The van der Waals surface area contributed by atoms with Crippen LogP contribution < -0.4 is 0 Å². The van der Waals surface area contributed by atoms with Gasteiger partial charge in [-0.15, -0.1) is 0 Å². The maximum Gasteiger partial charge on any atom is 0.190 e. The Kier molecular flexibility index (Phi) is 4.36. The van der Waals surface area contributed by atoms with Crippen molar-refractivity contribution in [3.63, 3.8) is 0 Å². The van der Waals surface area contributed by atoms with Gasteiger partial charge < -0.3 is 15.3 Å². The van der Waals surface area contributed by atoms with Crippen molar-refractivity contribution < 1.29 is 24.9 Å². The highest BCUT2D eigenvalue weighted by atomic mass is 16.3. The number of carbonyl (C=O) groups excluding carboxylic acids is 2. The summed E-state index contributed by atoms with van der Waals surface area (Å²) in [5.41, 5.74) is 0.270. The maximum atomic E-state index is 12.4. The maximum absolute atomic E-state index is 12.4. The Morgan fingerprint density at radius 1 is 1.25 bits per heavy atom. The van der Waals surface area contributed by atoms with Gasteiger partial charge in [0.1, 0.15) is 12.2 Å². The third-order valence-electron chi connectivity index (χ3n) is 9.31. The summed E-state index contributed by atoms with van der Waals surface area (Å²) in [7, 11) is 0. The van der Waals surface area contributed by atoms with Gasteiger partial charge >= 0.3 is 0 Å². The number of Topliss-reactive ketones (excluding diaryl/α,β-unsaturated/α-hetero) is 1. The molecule has 3 saturated carbocycles. The second kappa shape index (κ2) is 6.10. The van der Waals surface area contributed by atoms with Crippen molar-refractivity contribution in [1.82, 2.24) is 0 Å². The molecule has 0 saturated heterocycles. The van der Waals surface area contributed by atoms with Gasteiger partial charge in [0.2, 0.25) is 0 Å². The van der Waals surface area contributed by atoms with Gasteiger partial charge in [0, 0.05) is 16.7 Å². The number of hydrogen-bond donors (Lipinski definition) is 3. The quantitative estimate of drug-likeness (QED) is 0.675. The van der Waals surface area contributed by atoms with Crippen LogP contribution in [0.2, 0.25) is 0 Å². The minimum absolute atomic E-state index is 0.0276. The number of ketones is 2. The lowest BCUT2D eigenvalue weighted by Crippen LogP contribution is -2.62. The molecular formula is C23H32O5. The van der Waals surface area contributed by atoms with Gasteiger partial charge in [-0.1, -0.05) is 25.0 Å². The van der Waals surface area contributed by atoms with Gasteiger partial charge in [0.05, 0.1) is 6.10 Å². The third kappa shape index (κ3) is 2.18. The van der Waals surface area contributed by atoms with E-state index in [1.54, 1.807) is 6.08 Å². The Bertz CT molecular complexity index is 810. The van der Waals surface area contributed by atoms with E-state index in [0.717, 1.165) is 36.0 Å². The first-order valence-corrected chi connectivity index (χ1v) is 10.5. The molecule has 0 aromatic carbocycles. The van der Waals surface area contributed by atoms with E-state index in [-0.39, 0.29) is 29.0 Å². The number of aliphatic hydroxyl groups is 3. The molecule has 4 aliphatic rings. The lowest BCUT2D eigenvalue weighted by molar-refractivity contribution is -0.179. The molecule has 0 radical (unpaired) electrons. The van der Waals surface area contributed by atoms with E-state index in [1.165, 1.54) is 0 Å². The Morgan fingerprint density at radius 3 is 2.57 bits per heavy atom. The largest absolute Gasteiger partial charge is 0.393 e. The third-order valence-corrected chi connectivity index (χ3v) is 9.31. The predicted molar refractivity (Wildman–Crippen MR) is 104 cm³/mol. The van der Waals surface area contributed by atoms with Crippen LogP contribution >= 0.6 is 0 Å². The first-order valence-electron chi connectivity index (χ1n) is 10.5. The minimum Gasteiger partial charge on any atom is -0.393 e. The zero-order chi connectivity index (χ0) is 20.6. The number of rotatable bonds is 2. The van der Waals surface area contributed by atoms with Crippen LogP contribution in [0.15, 0.2) is 22.8 Å². The van der Waals surface area contributed by atoms with E-state index in [9.17, 15) is 24.9 Å². The molecule has 0 heterocycles. The highest BCUT2D eigenvalue weighted by molar-refractivity contribution is 6.06. The molecule has 0 aromatic heterocycles. The highest BCUT2D eigenvalue weighted by Gasteiger charge is 2.68. The Balaban J connectivity index is 1.80. The molecule has 3 N–H and O–H groups in total. The van der Waals surface area contributed by atoms with E-state index < -0.39 is 29.5 Å². The van der Waals surface area contributed by atoms with Gasteiger partial charge in [-0.2, -0.15) is 0 Å². The summed E-state index contributed by atoms with van der Waals surface area (Å²) in [6.07, 6.45) is 4.17. The Hall–Kier alpha value is -1.30. The van der Waals surface area contributed by atoms with Crippen LogP contribution in [-0.2, 0) is 9.59 Å². The minimum atomic E-state index is -1.57. The summed E-state index contributed by atoms with van der Waals surface area (Å²) in [5, 5.41) is 32.0. The van der Waals surface area contributed by atoms with Gasteiger partial charge in [-0.3, -0.25) is 9.59 Å². The standard InChI is InChI=1S/C23H32O5/c1-12-13(2)22(4)14(9-17(12)25)5-6-15-16-7-8-23(28,19(27)11-24)21(16,3)10-18(26)20(15)22/h9,15-16,18,20,24,26,28H,5-8,10-11H2,1-4H3/t15-,16-,18?,20+,21-,22-,23-/m0/s1. The molecule has 4 aliphatic carbocycles. The molecule has 0 amide bonds. The van der Waals surface area contributed by atoms with Crippen molar-refractivity contribution in [1.29, 1.82) is 0 Å². The average molecular weight is 389 g/mol. The van der Waals surface area contributed by atoms with Gasteiger partial charge in [-0.25, -0.2) is 0 Å². The smallest absolute Gasteiger partial charge is 0.190 e. The number of hydrogen-bond acceptors (Lipinski definition) is 5. The summed E-state index contributed by atoms with van der Waals surface area (Å²) >= 11 is 0. The van der Waals surface area contributed by atoms with Crippen molar-refractivity contribution in [2.24, 2.45) is 28.6 Å². The highest BCUT2D eigenvalue weighted by Crippen LogP contribution is 2.68. The summed E-state index contributed by atoms with van der Waals surface area (Å²) in [6.45, 7) is 7.30. The molecule has 0 aliphatic heterocycles. The van der Waals surface area contributed by atoms with E-state index >= 15 is 0 Å². The SMILES string of the molecule is CC1=C(C)[C@@]2(C)C(=CC1=O)CC[C@@H]1[C@@H]2C(O)C[C@@]2(C)[C@H]1CC[C@]2(O)C(=O)CO. The Labute approximate surface area is 166 Å². The van der Waals surface area contributed by atoms with Crippen LogP contribution in [0.1, 0.15) is 59.8 Å². The Morgan fingerprint density at radius 2 is 1.93 bits per heavy atom. The van der Waals surface area contributed by atoms with E-state index in [0.29, 0.717) is 12.8 Å². The molecule has 3 fully saturated rings. The molecule has 0 aromatic rings. The van der Waals surface area contributed by atoms with Crippen LogP contribution in [0.25, 0.3) is 0 Å². The van der Waals surface area contributed by atoms with Crippen LogP contribution in [-0.4, -0.2) is 45.2 Å².